The largest absolute Gasteiger partial charge is 0.389 e. The topological polar surface area (TPSA) is 29.1 Å². The Bertz CT molecular complexity index is 510. The maximum Gasteiger partial charge on any atom is 0.389 e. The number of hydrogen-bond donors (Lipinski definition) is 1. The van der Waals surface area contributed by atoms with Crippen LogP contribution in [0.25, 0.3) is 0 Å². The number of hydrogen-bond acceptors (Lipinski definition) is 1. The fraction of sp³-hybridized carbons (Fsp3) is 0.562. The van der Waals surface area contributed by atoms with Crippen molar-refractivity contribution in [1.29, 1.82) is 0 Å². The molecule has 0 aromatic heterocycles. The van der Waals surface area contributed by atoms with Crippen molar-refractivity contribution in [1.82, 2.24) is 5.32 Å². The smallest absolute Gasteiger partial charge is 0.355 e. The summed E-state index contributed by atoms with van der Waals surface area (Å²) in [5, 5.41) is 2.67. The molecule has 0 aliphatic heterocycles. The van der Waals surface area contributed by atoms with E-state index < -0.39 is 24.9 Å². The first-order valence-electron chi connectivity index (χ1n) is 7.05. The molecule has 1 unspecified atom stereocenters. The first kappa shape index (κ1) is 15.9. The zero-order chi connectivity index (χ0) is 15.7. The second kappa shape index (κ2) is 5.35. The lowest BCUT2D eigenvalue weighted by molar-refractivity contribution is -0.144. The molecule has 1 amide bonds. The van der Waals surface area contributed by atoms with E-state index in [2.05, 4.69) is 19.2 Å². The Morgan fingerprint density at radius 3 is 2.29 bits per heavy atom. The molecule has 0 spiro atoms. The fourth-order valence-corrected chi connectivity index (χ4v) is 2.96. The van der Waals surface area contributed by atoms with Gasteiger partial charge in [-0.05, 0) is 17.4 Å². The average molecular weight is 299 g/mol. The van der Waals surface area contributed by atoms with Crippen molar-refractivity contribution in [2.45, 2.75) is 44.7 Å². The minimum Gasteiger partial charge on any atom is -0.355 e. The van der Waals surface area contributed by atoms with Gasteiger partial charge in [-0.3, -0.25) is 4.79 Å². The minimum atomic E-state index is -4.28. The lowest BCUT2D eigenvalue weighted by Gasteiger charge is -2.22. The zero-order valence-corrected chi connectivity index (χ0v) is 12.3. The van der Waals surface area contributed by atoms with Crippen LogP contribution in [-0.4, -0.2) is 18.6 Å². The van der Waals surface area contributed by atoms with Gasteiger partial charge in [-0.2, -0.15) is 13.2 Å². The van der Waals surface area contributed by atoms with Crippen molar-refractivity contribution >= 4 is 5.91 Å². The van der Waals surface area contributed by atoms with Gasteiger partial charge in [0.2, 0.25) is 5.91 Å². The highest BCUT2D eigenvalue weighted by molar-refractivity contribution is 5.76. The van der Waals surface area contributed by atoms with Crippen molar-refractivity contribution in [2.24, 2.45) is 5.41 Å². The lowest BCUT2D eigenvalue weighted by Crippen LogP contribution is -2.35. The molecule has 1 aliphatic carbocycles. The highest BCUT2D eigenvalue weighted by Gasteiger charge is 2.61. The molecule has 1 aromatic rings. The van der Waals surface area contributed by atoms with Crippen molar-refractivity contribution < 1.29 is 18.0 Å². The predicted octanol–water partition coefficient (Wildman–Crippen LogP) is 3.81. The molecular formula is C16H20F3NO. The summed E-state index contributed by atoms with van der Waals surface area (Å²) in [5.41, 5.74) is 1.01. The standard InChI is InChI=1S/C16H20F3NO/c1-14(2)10-15(14,12-6-4-3-5-7-12)11-20-13(21)8-9-16(17,18)19/h3-7H,8-11H2,1-2H3,(H,20,21). The van der Waals surface area contributed by atoms with Crippen LogP contribution in [0.15, 0.2) is 30.3 Å². The number of halogens is 3. The molecule has 1 saturated carbocycles. The van der Waals surface area contributed by atoms with E-state index >= 15 is 0 Å². The van der Waals surface area contributed by atoms with Gasteiger partial charge in [0.15, 0.2) is 0 Å². The second-order valence-electron chi connectivity index (χ2n) is 6.40. The lowest BCUT2D eigenvalue weighted by atomic mass is 9.88. The van der Waals surface area contributed by atoms with Gasteiger partial charge >= 0.3 is 6.18 Å². The van der Waals surface area contributed by atoms with E-state index in [-0.39, 0.29) is 10.8 Å². The van der Waals surface area contributed by atoms with Crippen molar-refractivity contribution in [2.75, 3.05) is 6.54 Å². The van der Waals surface area contributed by atoms with Crippen LogP contribution in [0.1, 0.15) is 38.7 Å². The number of benzene rings is 1. The van der Waals surface area contributed by atoms with Crippen LogP contribution in [0.5, 0.6) is 0 Å². The Hall–Kier alpha value is -1.52. The third kappa shape index (κ3) is 3.57. The summed E-state index contributed by atoms with van der Waals surface area (Å²) >= 11 is 0. The van der Waals surface area contributed by atoms with E-state index in [9.17, 15) is 18.0 Å². The molecule has 1 fully saturated rings. The number of rotatable bonds is 5. The summed E-state index contributed by atoms with van der Waals surface area (Å²) in [6.45, 7) is 4.62. The van der Waals surface area contributed by atoms with Crippen LogP contribution in [0.2, 0.25) is 0 Å². The van der Waals surface area contributed by atoms with E-state index in [0.717, 1.165) is 12.0 Å². The molecule has 5 heteroatoms. The van der Waals surface area contributed by atoms with Crippen molar-refractivity contribution in [3.05, 3.63) is 35.9 Å². The van der Waals surface area contributed by atoms with E-state index in [1.807, 2.05) is 30.3 Å². The van der Waals surface area contributed by atoms with Crippen molar-refractivity contribution in [3.8, 4) is 0 Å². The highest BCUT2D eigenvalue weighted by Crippen LogP contribution is 2.63. The van der Waals surface area contributed by atoms with Gasteiger partial charge < -0.3 is 5.32 Å². The van der Waals surface area contributed by atoms with Gasteiger partial charge in [-0.1, -0.05) is 44.2 Å². The van der Waals surface area contributed by atoms with Gasteiger partial charge in [0, 0.05) is 18.4 Å². The van der Waals surface area contributed by atoms with E-state index in [1.54, 1.807) is 0 Å². The third-order valence-corrected chi connectivity index (χ3v) is 4.46. The van der Waals surface area contributed by atoms with Crippen LogP contribution < -0.4 is 5.32 Å². The third-order valence-electron chi connectivity index (χ3n) is 4.46. The number of carbonyl (C=O) groups is 1. The van der Waals surface area contributed by atoms with Gasteiger partial charge in [0.05, 0.1) is 6.42 Å². The zero-order valence-electron chi connectivity index (χ0n) is 12.3. The normalized spacial score (nSPS) is 23.7. The Morgan fingerprint density at radius 2 is 1.81 bits per heavy atom. The number of nitrogens with one attached hydrogen (secondary N) is 1. The summed E-state index contributed by atoms with van der Waals surface area (Å²) < 4.78 is 36.3. The van der Waals surface area contributed by atoms with Crippen LogP contribution in [0.4, 0.5) is 13.2 Å². The first-order valence-corrected chi connectivity index (χ1v) is 7.05. The molecule has 1 aromatic carbocycles. The molecule has 2 rings (SSSR count). The fourth-order valence-electron chi connectivity index (χ4n) is 2.96. The van der Waals surface area contributed by atoms with Crippen LogP contribution in [0.3, 0.4) is 0 Å². The molecule has 2 nitrogen and oxygen atoms in total. The Kier molecular flexibility index (Phi) is 4.04. The molecule has 1 N–H and O–H groups in total. The summed E-state index contributed by atoms with van der Waals surface area (Å²) in [6.07, 6.45) is -4.94. The summed E-state index contributed by atoms with van der Waals surface area (Å²) in [7, 11) is 0. The maximum atomic E-state index is 12.1. The molecule has 0 radical (unpaired) electrons. The molecule has 0 heterocycles. The number of amides is 1. The summed E-state index contributed by atoms with van der Waals surface area (Å²) in [4.78, 5) is 11.6. The van der Waals surface area contributed by atoms with E-state index in [4.69, 9.17) is 0 Å². The van der Waals surface area contributed by atoms with E-state index in [1.165, 1.54) is 0 Å². The Labute approximate surface area is 122 Å². The second-order valence-corrected chi connectivity index (χ2v) is 6.40. The molecule has 0 saturated heterocycles. The van der Waals surface area contributed by atoms with Gasteiger partial charge in [0.25, 0.3) is 0 Å². The average Bonchev–Trinajstić information content (AvgIpc) is 2.98. The first-order chi connectivity index (χ1) is 9.66. The molecule has 1 aliphatic rings. The quantitative estimate of drug-likeness (QED) is 0.880. The molecule has 116 valence electrons. The highest BCUT2D eigenvalue weighted by atomic mass is 19.4. The molecule has 0 bridgehead atoms. The van der Waals surface area contributed by atoms with Gasteiger partial charge in [-0.25, -0.2) is 0 Å². The predicted molar refractivity (Wildman–Crippen MR) is 74.8 cm³/mol. The molecular weight excluding hydrogens is 279 g/mol. The van der Waals surface area contributed by atoms with Gasteiger partial charge in [0.1, 0.15) is 0 Å². The number of carbonyl (C=O) groups excluding carboxylic acids is 1. The van der Waals surface area contributed by atoms with Crippen molar-refractivity contribution in [3.63, 3.8) is 0 Å². The molecule has 1 atom stereocenters. The van der Waals surface area contributed by atoms with Crippen LogP contribution in [0, 0.1) is 5.41 Å². The summed E-state index contributed by atoms with van der Waals surface area (Å²) in [5.74, 6) is -0.537. The van der Waals surface area contributed by atoms with E-state index in [0.29, 0.717) is 6.54 Å². The van der Waals surface area contributed by atoms with Crippen LogP contribution in [-0.2, 0) is 10.2 Å². The van der Waals surface area contributed by atoms with Crippen LogP contribution >= 0.6 is 0 Å². The Morgan fingerprint density at radius 1 is 1.24 bits per heavy atom. The number of alkyl halides is 3. The Balaban J connectivity index is 1.96. The SMILES string of the molecule is CC1(C)CC1(CNC(=O)CCC(F)(F)F)c1ccccc1. The summed E-state index contributed by atoms with van der Waals surface area (Å²) in [6, 6.07) is 9.83. The maximum absolute atomic E-state index is 12.1. The molecule has 21 heavy (non-hydrogen) atoms. The van der Waals surface area contributed by atoms with Gasteiger partial charge in [-0.15, -0.1) is 0 Å². The minimum absolute atomic E-state index is 0.0473. The monoisotopic (exact) mass is 299 g/mol.